The first-order valence-corrected chi connectivity index (χ1v) is 8.81. The zero-order valence-electron chi connectivity index (χ0n) is 12.7. The second kappa shape index (κ2) is 7.38. The molecule has 0 bridgehead atoms. The molecule has 0 saturated carbocycles. The second-order valence-electron chi connectivity index (χ2n) is 5.08. The number of nitrogens with one attached hydrogen (secondary N) is 1. The van der Waals surface area contributed by atoms with E-state index in [4.69, 9.17) is 23.2 Å². The number of benzene rings is 1. The van der Waals surface area contributed by atoms with Crippen molar-refractivity contribution >= 4 is 57.6 Å². The van der Waals surface area contributed by atoms with Gasteiger partial charge in [0.15, 0.2) is 5.82 Å². The van der Waals surface area contributed by atoms with E-state index in [-0.39, 0.29) is 11.2 Å². The van der Waals surface area contributed by atoms with Crippen LogP contribution in [0.3, 0.4) is 0 Å². The number of hydrogen-bond donors (Lipinski definition) is 1. The minimum absolute atomic E-state index is 0.202. The average Bonchev–Trinajstić information content (AvgIpc) is 2.57. The smallest absolute Gasteiger partial charge is 0.238 e. The summed E-state index contributed by atoms with van der Waals surface area (Å²) in [4.78, 5) is 20.9. The summed E-state index contributed by atoms with van der Waals surface area (Å²) >= 11 is 13.2. The minimum Gasteiger partial charge on any atom is -0.308 e. The van der Waals surface area contributed by atoms with Gasteiger partial charge in [0, 0.05) is 11.6 Å². The van der Waals surface area contributed by atoms with Gasteiger partial charge >= 0.3 is 0 Å². The van der Waals surface area contributed by atoms with Crippen molar-refractivity contribution in [1.29, 1.82) is 0 Å². The number of fused-ring (bicyclic) bond motifs is 1. The van der Waals surface area contributed by atoms with Crippen molar-refractivity contribution in [1.82, 2.24) is 9.97 Å². The fourth-order valence-corrected chi connectivity index (χ4v) is 3.33. The largest absolute Gasteiger partial charge is 0.308 e. The van der Waals surface area contributed by atoms with Gasteiger partial charge in [0.2, 0.25) is 5.91 Å². The predicted octanol–water partition coefficient (Wildman–Crippen LogP) is 5.06. The quantitative estimate of drug-likeness (QED) is 0.645. The third kappa shape index (κ3) is 3.98. The first kappa shape index (κ1) is 17.0. The van der Waals surface area contributed by atoms with E-state index in [0.717, 1.165) is 15.9 Å². The van der Waals surface area contributed by atoms with E-state index < -0.39 is 0 Å². The fourth-order valence-electron chi connectivity index (χ4n) is 2.07. The van der Waals surface area contributed by atoms with Gasteiger partial charge in [0.1, 0.15) is 0 Å². The van der Waals surface area contributed by atoms with Crippen molar-refractivity contribution in [2.75, 3.05) is 5.32 Å². The Kier molecular flexibility index (Phi) is 5.23. The Morgan fingerprint density at radius 1 is 1.21 bits per heavy atom. The summed E-state index contributed by atoms with van der Waals surface area (Å²) in [6, 6.07) is 13.3. The van der Waals surface area contributed by atoms with Crippen molar-refractivity contribution in [3.05, 3.63) is 58.7 Å². The van der Waals surface area contributed by atoms with E-state index in [1.165, 1.54) is 24.0 Å². The van der Waals surface area contributed by atoms with Gasteiger partial charge in [-0.3, -0.25) is 4.79 Å². The monoisotopic (exact) mass is 377 g/mol. The molecule has 0 aliphatic carbocycles. The summed E-state index contributed by atoms with van der Waals surface area (Å²) in [5.41, 5.74) is 0.900. The molecule has 2 aromatic heterocycles. The van der Waals surface area contributed by atoms with Crippen molar-refractivity contribution in [3.63, 3.8) is 0 Å². The maximum atomic E-state index is 12.3. The van der Waals surface area contributed by atoms with Gasteiger partial charge in [-0.05, 0) is 25.1 Å². The highest BCUT2D eigenvalue weighted by atomic mass is 35.5. The first-order valence-electron chi connectivity index (χ1n) is 7.17. The second-order valence-corrected chi connectivity index (χ2v) is 7.28. The number of anilines is 1. The van der Waals surface area contributed by atoms with Crippen LogP contribution in [0, 0.1) is 0 Å². The van der Waals surface area contributed by atoms with Gasteiger partial charge in [-0.15, -0.1) is 0 Å². The van der Waals surface area contributed by atoms with E-state index in [9.17, 15) is 4.79 Å². The van der Waals surface area contributed by atoms with Crippen LogP contribution >= 0.6 is 35.0 Å². The molecule has 0 saturated heterocycles. The molecule has 0 aliphatic rings. The molecule has 0 spiro atoms. The van der Waals surface area contributed by atoms with Gasteiger partial charge < -0.3 is 5.32 Å². The number of pyridine rings is 2. The van der Waals surface area contributed by atoms with Crippen LogP contribution in [0.25, 0.3) is 10.9 Å². The number of halogens is 2. The maximum Gasteiger partial charge on any atom is 0.238 e. The number of carbonyl (C=O) groups excluding carboxylic acids is 1. The van der Waals surface area contributed by atoms with Crippen LogP contribution in [0.4, 0.5) is 5.82 Å². The van der Waals surface area contributed by atoms with Crippen LogP contribution in [0.5, 0.6) is 0 Å². The highest BCUT2D eigenvalue weighted by Gasteiger charge is 2.17. The molecule has 0 aliphatic heterocycles. The first-order chi connectivity index (χ1) is 11.5. The van der Waals surface area contributed by atoms with Crippen LogP contribution in [0.1, 0.15) is 6.92 Å². The van der Waals surface area contributed by atoms with Gasteiger partial charge in [-0.1, -0.05) is 59.2 Å². The summed E-state index contributed by atoms with van der Waals surface area (Å²) in [6.45, 7) is 1.81. The van der Waals surface area contributed by atoms with E-state index in [2.05, 4.69) is 15.3 Å². The predicted molar refractivity (Wildman–Crippen MR) is 99.9 cm³/mol. The van der Waals surface area contributed by atoms with Crippen molar-refractivity contribution < 1.29 is 4.79 Å². The molecule has 1 atom stereocenters. The molecule has 7 heteroatoms. The Labute approximate surface area is 153 Å². The molecular weight excluding hydrogens is 365 g/mol. The zero-order valence-corrected chi connectivity index (χ0v) is 15.0. The molecule has 1 N–H and O–H groups in total. The third-order valence-corrected chi connectivity index (χ3v) is 4.82. The summed E-state index contributed by atoms with van der Waals surface area (Å²) in [5, 5.41) is 4.92. The van der Waals surface area contributed by atoms with E-state index in [1.54, 1.807) is 6.92 Å². The topological polar surface area (TPSA) is 54.9 Å². The van der Waals surface area contributed by atoms with Crippen molar-refractivity contribution in [2.45, 2.75) is 17.2 Å². The number of rotatable bonds is 4. The Morgan fingerprint density at radius 2 is 2.00 bits per heavy atom. The highest BCUT2D eigenvalue weighted by molar-refractivity contribution is 8.00. The van der Waals surface area contributed by atoms with Crippen molar-refractivity contribution in [3.8, 4) is 0 Å². The molecule has 0 radical (unpaired) electrons. The molecule has 0 fully saturated rings. The van der Waals surface area contributed by atoms with E-state index in [1.807, 2.05) is 36.4 Å². The number of amides is 1. The lowest BCUT2D eigenvalue weighted by Crippen LogP contribution is -2.23. The molecule has 4 nitrogen and oxygen atoms in total. The molecule has 1 amide bonds. The maximum absolute atomic E-state index is 12.3. The van der Waals surface area contributed by atoms with Crippen LogP contribution in [-0.2, 0) is 4.79 Å². The Balaban J connectivity index is 1.70. The molecule has 1 unspecified atom stereocenters. The Morgan fingerprint density at radius 3 is 2.79 bits per heavy atom. The van der Waals surface area contributed by atoms with Gasteiger partial charge in [-0.25, -0.2) is 9.97 Å². The molecule has 1 aromatic carbocycles. The molecule has 2 heterocycles. The summed E-state index contributed by atoms with van der Waals surface area (Å²) in [7, 11) is 0. The number of carbonyl (C=O) groups is 1. The fraction of sp³-hybridized carbons (Fsp3) is 0.118. The number of hydrogen-bond acceptors (Lipinski definition) is 4. The Hall–Kier alpha value is -1.82. The summed E-state index contributed by atoms with van der Waals surface area (Å²) in [6.07, 6.45) is 1.44. The normalized spacial score (nSPS) is 12.1. The molecule has 24 heavy (non-hydrogen) atoms. The number of nitrogens with zero attached hydrogens (tertiary/aromatic N) is 2. The van der Waals surface area contributed by atoms with Gasteiger partial charge in [-0.2, -0.15) is 0 Å². The SMILES string of the molecule is CC(Sc1ccc2ccccc2n1)C(=O)Nc1ncc(Cl)cc1Cl. The summed E-state index contributed by atoms with van der Waals surface area (Å²) < 4.78 is 0. The van der Waals surface area contributed by atoms with E-state index in [0.29, 0.717) is 15.9 Å². The number of aromatic nitrogens is 2. The lowest BCUT2D eigenvalue weighted by Gasteiger charge is -2.12. The zero-order chi connectivity index (χ0) is 17.1. The number of thioether (sulfide) groups is 1. The van der Waals surface area contributed by atoms with Crippen molar-refractivity contribution in [2.24, 2.45) is 0 Å². The lowest BCUT2D eigenvalue weighted by atomic mass is 10.2. The Bertz CT molecular complexity index is 904. The summed E-state index contributed by atoms with van der Waals surface area (Å²) in [5.74, 6) is 0.0941. The molecule has 122 valence electrons. The number of para-hydroxylation sites is 1. The third-order valence-electron chi connectivity index (χ3n) is 3.29. The van der Waals surface area contributed by atoms with Crippen LogP contribution < -0.4 is 5.32 Å². The highest BCUT2D eigenvalue weighted by Crippen LogP contribution is 2.26. The molecule has 3 aromatic rings. The molecule has 3 rings (SSSR count). The molecular formula is C17H13Cl2N3OS. The van der Waals surface area contributed by atoms with Crippen LogP contribution in [0.15, 0.2) is 53.7 Å². The standard InChI is InChI=1S/C17H13Cl2N3OS/c1-10(17(23)22-16-13(19)8-12(18)9-20-16)24-15-7-6-11-4-2-3-5-14(11)21-15/h2-10H,1H3,(H,20,22,23). The van der Waals surface area contributed by atoms with Gasteiger partial charge in [0.05, 0.1) is 25.8 Å². The van der Waals surface area contributed by atoms with Gasteiger partial charge in [0.25, 0.3) is 0 Å². The van der Waals surface area contributed by atoms with Crippen LogP contribution in [0.2, 0.25) is 10.0 Å². The average molecular weight is 378 g/mol. The van der Waals surface area contributed by atoms with Crippen LogP contribution in [-0.4, -0.2) is 21.1 Å². The minimum atomic E-state index is -0.354. The van der Waals surface area contributed by atoms with E-state index >= 15 is 0 Å². The lowest BCUT2D eigenvalue weighted by molar-refractivity contribution is -0.115.